The number of nitrogens with zero attached hydrogens (tertiary/aromatic N) is 1. The predicted molar refractivity (Wildman–Crippen MR) is 120 cm³/mol. The lowest BCUT2D eigenvalue weighted by Crippen LogP contribution is -2.29. The maximum absolute atomic E-state index is 12.4. The highest BCUT2D eigenvalue weighted by atomic mass is 16.6. The van der Waals surface area contributed by atoms with Crippen LogP contribution in [-0.4, -0.2) is 76.0 Å². The zero-order chi connectivity index (χ0) is 23.9. The summed E-state index contributed by atoms with van der Waals surface area (Å²) in [6, 6.07) is 14.2. The third-order valence-corrected chi connectivity index (χ3v) is 4.26. The zero-order valence-corrected chi connectivity index (χ0v) is 17.8. The molecule has 1 unspecified atom stereocenters. The minimum atomic E-state index is -0.932. The first kappa shape index (κ1) is 27.2. The van der Waals surface area contributed by atoms with Crippen molar-refractivity contribution in [1.82, 2.24) is 9.88 Å². The van der Waals surface area contributed by atoms with Crippen molar-refractivity contribution >= 4 is 27.8 Å². The molecule has 176 valence electrons. The highest BCUT2D eigenvalue weighted by Gasteiger charge is 2.11. The summed E-state index contributed by atoms with van der Waals surface area (Å²) in [6.07, 6.45) is 0.261. The molecule has 0 aliphatic rings. The van der Waals surface area contributed by atoms with Crippen molar-refractivity contribution in [2.75, 3.05) is 33.7 Å². The number of nitrogens with one attached hydrogen (secondary N) is 1. The molecule has 0 amide bonds. The molecular formula is C22H30N2O8. The second-order valence-electron chi connectivity index (χ2n) is 6.38. The number of fused-ring (bicyclic) bond motifs is 2. The minimum Gasteiger partial charge on any atom is -0.480 e. The van der Waals surface area contributed by atoms with Gasteiger partial charge in [0.25, 0.3) is 0 Å². The Morgan fingerprint density at radius 1 is 0.938 bits per heavy atom. The van der Waals surface area contributed by atoms with Crippen LogP contribution in [0, 0.1) is 0 Å². The number of ether oxygens (including phenoxy) is 1. The third-order valence-electron chi connectivity index (χ3n) is 4.26. The van der Waals surface area contributed by atoms with Gasteiger partial charge in [-0.2, -0.15) is 0 Å². The van der Waals surface area contributed by atoms with Crippen LogP contribution in [0.15, 0.2) is 53.3 Å². The van der Waals surface area contributed by atoms with E-state index in [1.165, 1.54) is 0 Å². The Hall–Kier alpha value is -2.86. The molecule has 0 fully saturated rings. The molecular weight excluding hydrogens is 420 g/mol. The molecule has 0 aliphatic carbocycles. The summed E-state index contributed by atoms with van der Waals surface area (Å²) < 4.78 is 6.38. The Kier molecular flexibility index (Phi) is 12.8. The molecule has 1 aromatic heterocycles. The molecule has 32 heavy (non-hydrogen) atoms. The van der Waals surface area contributed by atoms with E-state index >= 15 is 0 Å². The highest BCUT2D eigenvalue weighted by Crippen LogP contribution is 2.18. The topological polar surface area (TPSA) is 161 Å². The molecule has 1 heterocycles. The van der Waals surface area contributed by atoms with Gasteiger partial charge < -0.3 is 34.8 Å². The summed E-state index contributed by atoms with van der Waals surface area (Å²) >= 11 is 0. The second-order valence-corrected chi connectivity index (χ2v) is 6.38. The van der Waals surface area contributed by atoms with Crippen LogP contribution >= 0.6 is 0 Å². The number of hydrogen-bond donors (Lipinski definition) is 6. The van der Waals surface area contributed by atoms with E-state index in [-0.39, 0.29) is 44.8 Å². The van der Waals surface area contributed by atoms with Crippen LogP contribution in [0.25, 0.3) is 21.8 Å². The van der Waals surface area contributed by atoms with Crippen LogP contribution in [0.5, 0.6) is 0 Å². The SMILES string of the molecule is CNC(CCO)OCO.O=C(O)Cn1c2ccccc2c(=O)c2ccccc21.OCCO. The molecule has 10 heteroatoms. The van der Waals surface area contributed by atoms with Crippen LogP contribution in [-0.2, 0) is 16.1 Å². The van der Waals surface area contributed by atoms with Gasteiger partial charge in [0.1, 0.15) is 19.6 Å². The molecule has 0 bridgehead atoms. The lowest BCUT2D eigenvalue weighted by Gasteiger charge is -2.12. The minimum absolute atomic E-state index is 0.0610. The number of aliphatic carboxylic acids is 1. The smallest absolute Gasteiger partial charge is 0.323 e. The Balaban J connectivity index is 0.000000331. The number of hydrogen-bond acceptors (Lipinski definition) is 8. The fraction of sp³-hybridized carbons (Fsp3) is 0.364. The first-order valence-electron chi connectivity index (χ1n) is 9.89. The van der Waals surface area contributed by atoms with E-state index in [1.807, 2.05) is 0 Å². The predicted octanol–water partition coefficient (Wildman–Crippen LogP) is 0.0910. The number of carbonyl (C=O) groups is 1. The Labute approximate surface area is 184 Å². The molecule has 0 radical (unpaired) electrons. The van der Waals surface area contributed by atoms with Gasteiger partial charge in [-0.1, -0.05) is 24.3 Å². The second kappa shape index (κ2) is 15.0. The maximum atomic E-state index is 12.4. The fourth-order valence-electron chi connectivity index (χ4n) is 2.90. The number of aromatic nitrogens is 1. The van der Waals surface area contributed by atoms with Gasteiger partial charge >= 0.3 is 5.97 Å². The Bertz CT molecular complexity index is 954. The van der Waals surface area contributed by atoms with Crippen molar-refractivity contribution in [2.45, 2.75) is 19.2 Å². The number of benzene rings is 2. The average molecular weight is 450 g/mol. The van der Waals surface area contributed by atoms with Gasteiger partial charge in [0, 0.05) is 23.8 Å². The molecule has 0 saturated carbocycles. The standard InChI is InChI=1S/C15H11NO3.C5H13NO3.C2H6O2/c17-14(18)9-16-12-7-3-1-5-10(12)15(19)11-6-2-4-8-13(11)16;1-6-5(2-3-7)9-4-8;3-1-2-4/h1-8H,9H2,(H,17,18);5-8H,2-4H2,1H3;3-4H,1-2H2. The number of carboxylic acids is 1. The van der Waals surface area contributed by atoms with Gasteiger partial charge in [0.2, 0.25) is 0 Å². The van der Waals surface area contributed by atoms with Crippen molar-refractivity contribution in [1.29, 1.82) is 0 Å². The fourth-order valence-corrected chi connectivity index (χ4v) is 2.90. The van der Waals surface area contributed by atoms with Crippen LogP contribution in [0.1, 0.15) is 6.42 Å². The first-order valence-corrected chi connectivity index (χ1v) is 9.89. The number of carboxylic acid groups (broad SMARTS) is 1. The average Bonchev–Trinajstić information content (AvgIpc) is 2.82. The van der Waals surface area contributed by atoms with E-state index in [4.69, 9.17) is 30.3 Å². The lowest BCUT2D eigenvalue weighted by atomic mass is 10.1. The van der Waals surface area contributed by atoms with Gasteiger partial charge in [-0.15, -0.1) is 0 Å². The van der Waals surface area contributed by atoms with Crippen LogP contribution in [0.2, 0.25) is 0 Å². The maximum Gasteiger partial charge on any atom is 0.323 e. The molecule has 6 N–H and O–H groups in total. The summed E-state index contributed by atoms with van der Waals surface area (Å²) in [7, 11) is 1.70. The zero-order valence-electron chi connectivity index (χ0n) is 17.8. The molecule has 0 aliphatic heterocycles. The van der Waals surface area contributed by atoms with Crippen LogP contribution in [0.4, 0.5) is 0 Å². The highest BCUT2D eigenvalue weighted by molar-refractivity contribution is 5.94. The molecule has 0 spiro atoms. The quantitative estimate of drug-likeness (QED) is 0.206. The molecule has 1 atom stereocenters. The van der Waals surface area contributed by atoms with Gasteiger partial charge in [-0.25, -0.2) is 0 Å². The van der Waals surface area contributed by atoms with Crippen molar-refractivity contribution < 1.29 is 35.1 Å². The van der Waals surface area contributed by atoms with Crippen LogP contribution < -0.4 is 10.7 Å². The number of aliphatic hydroxyl groups is 4. The van der Waals surface area contributed by atoms with Crippen molar-refractivity contribution in [3.63, 3.8) is 0 Å². The van der Waals surface area contributed by atoms with E-state index in [0.29, 0.717) is 28.2 Å². The first-order chi connectivity index (χ1) is 15.4. The van der Waals surface area contributed by atoms with Crippen LogP contribution in [0.3, 0.4) is 0 Å². The van der Waals surface area contributed by atoms with Gasteiger partial charge in [-0.05, 0) is 31.3 Å². The number of rotatable bonds is 8. The number of para-hydroxylation sites is 2. The summed E-state index contributed by atoms with van der Waals surface area (Å²) in [6.45, 7) is -0.668. The molecule has 3 aromatic rings. The van der Waals surface area contributed by atoms with E-state index in [0.717, 1.165) is 0 Å². The van der Waals surface area contributed by atoms with Gasteiger partial charge in [0.15, 0.2) is 5.43 Å². The number of aliphatic hydroxyl groups excluding tert-OH is 4. The summed E-state index contributed by atoms with van der Waals surface area (Å²) in [5.41, 5.74) is 1.23. The normalized spacial score (nSPS) is 11.3. The Morgan fingerprint density at radius 3 is 1.81 bits per heavy atom. The van der Waals surface area contributed by atoms with Gasteiger partial charge in [0.05, 0.1) is 24.2 Å². The summed E-state index contributed by atoms with van der Waals surface area (Å²) in [5.74, 6) is -0.932. The molecule has 3 rings (SSSR count). The largest absolute Gasteiger partial charge is 0.480 e. The molecule has 10 nitrogen and oxygen atoms in total. The summed E-state index contributed by atoms with van der Waals surface area (Å²) in [5, 5.41) is 44.8. The number of pyridine rings is 1. The van der Waals surface area contributed by atoms with E-state index in [9.17, 15) is 9.59 Å². The van der Waals surface area contributed by atoms with Crippen molar-refractivity contribution in [3.05, 3.63) is 58.8 Å². The van der Waals surface area contributed by atoms with E-state index in [2.05, 4.69) is 5.32 Å². The van der Waals surface area contributed by atoms with E-state index < -0.39 is 5.97 Å². The molecule has 2 aromatic carbocycles. The summed E-state index contributed by atoms with van der Waals surface area (Å²) in [4.78, 5) is 23.4. The monoisotopic (exact) mass is 450 g/mol. The third kappa shape index (κ3) is 8.00. The van der Waals surface area contributed by atoms with Crippen molar-refractivity contribution in [3.8, 4) is 0 Å². The lowest BCUT2D eigenvalue weighted by molar-refractivity contribution is -0.137. The van der Waals surface area contributed by atoms with E-state index in [1.54, 1.807) is 60.1 Å². The Morgan fingerprint density at radius 2 is 1.44 bits per heavy atom. The van der Waals surface area contributed by atoms with Crippen molar-refractivity contribution in [2.24, 2.45) is 0 Å². The van der Waals surface area contributed by atoms with Gasteiger partial charge in [-0.3, -0.25) is 14.9 Å². The molecule has 0 saturated heterocycles.